The van der Waals surface area contributed by atoms with E-state index in [-0.39, 0.29) is 17.9 Å². The van der Waals surface area contributed by atoms with Gasteiger partial charge in [-0.25, -0.2) is 9.66 Å². The van der Waals surface area contributed by atoms with Crippen LogP contribution in [0.4, 0.5) is 0 Å². The van der Waals surface area contributed by atoms with Gasteiger partial charge in [0.2, 0.25) is 0 Å². The highest BCUT2D eigenvalue weighted by atomic mass is 35.5. The van der Waals surface area contributed by atoms with Crippen molar-refractivity contribution >= 4 is 23.4 Å². The molecule has 4 atom stereocenters. The van der Waals surface area contributed by atoms with Crippen molar-refractivity contribution in [2.24, 2.45) is 0 Å². The van der Waals surface area contributed by atoms with Crippen molar-refractivity contribution < 1.29 is 20.1 Å². The van der Waals surface area contributed by atoms with E-state index in [0.29, 0.717) is 11.0 Å². The zero-order valence-electron chi connectivity index (χ0n) is 10.8. The highest BCUT2D eigenvalue weighted by molar-refractivity contribution is 5.85. The van der Waals surface area contributed by atoms with E-state index in [1.165, 1.54) is 10.9 Å². The molecule has 0 spiro atoms. The lowest BCUT2D eigenvalue weighted by atomic mass is 10.1. The average Bonchev–Trinajstić information content (AvgIpc) is 2.98. The fourth-order valence-corrected chi connectivity index (χ4v) is 2.39. The van der Waals surface area contributed by atoms with Crippen LogP contribution < -0.4 is 11.3 Å². The summed E-state index contributed by atoms with van der Waals surface area (Å²) in [5, 5.41) is 37.2. The number of ether oxygens (including phenoxy) is 1. The number of hydrogen-bond acceptors (Lipinski definition) is 7. The predicted octanol–water partition coefficient (Wildman–Crippen LogP) is -1.94. The molecule has 3 heterocycles. The molecule has 1 aliphatic heterocycles. The van der Waals surface area contributed by atoms with Crippen molar-refractivity contribution in [1.29, 1.82) is 5.41 Å². The molecule has 0 amide bonds. The van der Waals surface area contributed by atoms with Gasteiger partial charge < -0.3 is 30.5 Å². The van der Waals surface area contributed by atoms with Crippen LogP contribution in [-0.2, 0) is 4.74 Å². The fourth-order valence-electron chi connectivity index (χ4n) is 2.39. The van der Waals surface area contributed by atoms with Crippen LogP contribution >= 0.6 is 12.4 Å². The molecule has 3 rings (SSSR count). The lowest BCUT2D eigenvalue weighted by molar-refractivity contribution is -0.0508. The smallest absolute Gasteiger partial charge is 0.164 e. The van der Waals surface area contributed by atoms with Gasteiger partial charge in [0, 0.05) is 6.20 Å². The monoisotopic (exact) mass is 317 g/mol. The van der Waals surface area contributed by atoms with E-state index < -0.39 is 31.1 Å². The summed E-state index contributed by atoms with van der Waals surface area (Å²) >= 11 is 0. The van der Waals surface area contributed by atoms with Crippen LogP contribution in [0.5, 0.6) is 0 Å². The number of nitrogens with one attached hydrogen (secondary N) is 1. The van der Waals surface area contributed by atoms with Crippen LogP contribution in [0.25, 0.3) is 11.0 Å². The van der Waals surface area contributed by atoms with Crippen LogP contribution in [0.1, 0.15) is 6.23 Å². The van der Waals surface area contributed by atoms with E-state index in [0.717, 1.165) is 4.68 Å². The van der Waals surface area contributed by atoms with E-state index >= 15 is 0 Å². The first kappa shape index (κ1) is 15.7. The minimum Gasteiger partial charge on any atom is -0.394 e. The van der Waals surface area contributed by atoms with Gasteiger partial charge in [0.05, 0.1) is 12.0 Å². The molecule has 0 aromatic carbocycles. The molecule has 9 nitrogen and oxygen atoms in total. The molecule has 4 unspecified atom stereocenters. The summed E-state index contributed by atoms with van der Waals surface area (Å²) in [4.78, 5) is 4.10. The Balaban J connectivity index is 0.00000161. The highest BCUT2D eigenvalue weighted by Gasteiger charge is 2.43. The number of nitrogens with zero attached hydrogens (tertiary/aromatic N) is 3. The first-order valence-corrected chi connectivity index (χ1v) is 6.05. The van der Waals surface area contributed by atoms with E-state index in [4.69, 9.17) is 21.1 Å². The summed E-state index contributed by atoms with van der Waals surface area (Å²) in [5.74, 6) is 5.55. The van der Waals surface area contributed by atoms with Gasteiger partial charge >= 0.3 is 0 Å². The minimum absolute atomic E-state index is 0. The number of nitrogens with two attached hydrogens (primary N) is 1. The second kappa shape index (κ2) is 5.62. The Morgan fingerprint density at radius 1 is 1.38 bits per heavy atom. The third-order valence-corrected chi connectivity index (χ3v) is 3.50. The van der Waals surface area contributed by atoms with Crippen LogP contribution in [0.15, 0.2) is 18.6 Å². The van der Waals surface area contributed by atoms with E-state index in [9.17, 15) is 10.2 Å². The highest BCUT2D eigenvalue weighted by Crippen LogP contribution is 2.31. The number of rotatable bonds is 2. The molecule has 0 bridgehead atoms. The largest absolute Gasteiger partial charge is 0.394 e. The maximum absolute atomic E-state index is 10.0. The Hall–Kier alpha value is -1.65. The summed E-state index contributed by atoms with van der Waals surface area (Å²) in [6, 6.07) is 1.63. The molecule has 1 saturated heterocycles. The van der Waals surface area contributed by atoms with Crippen LogP contribution in [0.3, 0.4) is 0 Å². The SMILES string of the molecule is Cl.N=c1c2ccn(C3OC(CO)C(O)C3O)c2ncn1N. The maximum atomic E-state index is 10.0. The first-order chi connectivity index (χ1) is 9.54. The van der Waals surface area contributed by atoms with Gasteiger partial charge in [-0.2, -0.15) is 0 Å². The molecule has 6 N–H and O–H groups in total. The fraction of sp³-hybridized carbons (Fsp3) is 0.455. The van der Waals surface area contributed by atoms with Crippen molar-refractivity contribution in [3.63, 3.8) is 0 Å². The summed E-state index contributed by atoms with van der Waals surface area (Å²) in [5.41, 5.74) is 0.479. The summed E-state index contributed by atoms with van der Waals surface area (Å²) in [6.45, 7) is -0.395. The molecule has 0 saturated carbocycles. The Kier molecular flexibility index (Phi) is 4.21. The van der Waals surface area contributed by atoms with Crippen LogP contribution in [-0.4, -0.2) is 54.5 Å². The van der Waals surface area contributed by atoms with Crippen molar-refractivity contribution in [2.75, 3.05) is 12.4 Å². The quantitative estimate of drug-likeness (QED) is 0.408. The van der Waals surface area contributed by atoms with Gasteiger partial charge in [0.1, 0.15) is 30.3 Å². The van der Waals surface area contributed by atoms with E-state index in [1.54, 1.807) is 12.3 Å². The lowest BCUT2D eigenvalue weighted by Gasteiger charge is -2.17. The molecule has 2 aromatic rings. The number of aromatic nitrogens is 3. The molecule has 1 fully saturated rings. The molecule has 116 valence electrons. The Morgan fingerprint density at radius 2 is 2.10 bits per heavy atom. The molecule has 10 heteroatoms. The summed E-state index contributed by atoms with van der Waals surface area (Å²) in [7, 11) is 0. The number of aliphatic hydroxyl groups excluding tert-OH is 3. The number of fused-ring (bicyclic) bond motifs is 1. The number of aliphatic hydroxyl groups is 3. The number of hydrogen-bond donors (Lipinski definition) is 5. The van der Waals surface area contributed by atoms with Gasteiger partial charge in [-0.15, -0.1) is 12.4 Å². The second-order valence-electron chi connectivity index (χ2n) is 4.69. The molecule has 0 aliphatic carbocycles. The van der Waals surface area contributed by atoms with E-state index in [2.05, 4.69) is 4.98 Å². The van der Waals surface area contributed by atoms with Gasteiger partial charge in [-0.05, 0) is 6.07 Å². The maximum Gasteiger partial charge on any atom is 0.164 e. The van der Waals surface area contributed by atoms with Crippen LogP contribution in [0.2, 0.25) is 0 Å². The third-order valence-electron chi connectivity index (χ3n) is 3.50. The molecular weight excluding hydrogens is 302 g/mol. The number of halogens is 1. The number of nitrogen functional groups attached to an aromatic ring is 1. The third kappa shape index (κ3) is 2.28. The molecular formula is C11H16ClN5O4. The summed E-state index contributed by atoms with van der Waals surface area (Å²) in [6.07, 6.45) is -1.23. The average molecular weight is 318 g/mol. The summed E-state index contributed by atoms with van der Waals surface area (Å²) < 4.78 is 8.02. The Labute approximate surface area is 125 Å². The van der Waals surface area contributed by atoms with Gasteiger partial charge in [0.15, 0.2) is 11.7 Å². The van der Waals surface area contributed by atoms with Crippen molar-refractivity contribution in [1.82, 2.24) is 14.2 Å². The molecule has 2 aromatic heterocycles. The topological polar surface area (TPSA) is 143 Å². The second-order valence-corrected chi connectivity index (χ2v) is 4.69. The standard InChI is InChI=1S/C11H15N5O4.ClH/c12-9-5-1-2-15(10(5)14-4-16(9)13)11-8(19)7(18)6(3-17)20-11;/h1-2,4,6-8,11-12,17-19H,3,13H2;1H. The first-order valence-electron chi connectivity index (χ1n) is 6.05. The Bertz CT molecular complexity index is 701. The van der Waals surface area contributed by atoms with Gasteiger partial charge in [0.25, 0.3) is 0 Å². The molecule has 0 radical (unpaired) electrons. The van der Waals surface area contributed by atoms with Crippen LogP contribution in [0, 0.1) is 5.41 Å². The van der Waals surface area contributed by atoms with Gasteiger partial charge in [-0.3, -0.25) is 5.41 Å². The minimum atomic E-state index is -1.19. The Morgan fingerprint density at radius 3 is 2.71 bits per heavy atom. The van der Waals surface area contributed by atoms with Crippen molar-refractivity contribution in [3.05, 3.63) is 24.1 Å². The van der Waals surface area contributed by atoms with Crippen molar-refractivity contribution in [2.45, 2.75) is 24.5 Å². The normalized spacial score (nSPS) is 28.7. The molecule has 21 heavy (non-hydrogen) atoms. The zero-order chi connectivity index (χ0) is 14.4. The predicted molar refractivity (Wildman–Crippen MR) is 74.0 cm³/mol. The lowest BCUT2D eigenvalue weighted by Crippen LogP contribution is -2.33. The van der Waals surface area contributed by atoms with E-state index in [1.807, 2.05) is 0 Å². The van der Waals surface area contributed by atoms with Gasteiger partial charge in [-0.1, -0.05) is 0 Å². The van der Waals surface area contributed by atoms with Crippen molar-refractivity contribution in [3.8, 4) is 0 Å². The zero-order valence-corrected chi connectivity index (χ0v) is 11.6. The molecule has 1 aliphatic rings.